The Balaban J connectivity index is 2.34. The molecule has 0 aromatic heterocycles. The van der Waals surface area contributed by atoms with Crippen molar-refractivity contribution in [3.8, 4) is 0 Å². The van der Waals surface area contributed by atoms with Gasteiger partial charge in [0.1, 0.15) is 5.56 Å². The van der Waals surface area contributed by atoms with Crippen molar-refractivity contribution in [3.05, 3.63) is 62.6 Å². The number of aromatic carboxylic acids is 1. The quantitative estimate of drug-likeness (QED) is 0.846. The first-order chi connectivity index (χ1) is 9.90. The maximum absolute atomic E-state index is 12.2. The minimum absolute atomic E-state index is 0.0762. The molecule has 0 heterocycles. The van der Waals surface area contributed by atoms with Crippen LogP contribution in [0, 0.1) is 6.92 Å². The maximum atomic E-state index is 12.2. The number of hydrogen-bond donors (Lipinski definition) is 2. The molecule has 0 radical (unpaired) electrons. The summed E-state index contributed by atoms with van der Waals surface area (Å²) in [6.07, 6.45) is 0. The lowest BCUT2D eigenvalue weighted by molar-refractivity contribution is 0.0698. The van der Waals surface area contributed by atoms with Gasteiger partial charge in [-0.25, -0.2) is 4.79 Å². The van der Waals surface area contributed by atoms with E-state index < -0.39 is 11.9 Å². The predicted octanol–water partition coefficient (Wildman–Crippen LogP) is 4.36. The Bertz CT molecular complexity index is 731. The molecule has 2 rings (SSSR count). The van der Waals surface area contributed by atoms with Gasteiger partial charge in [-0.1, -0.05) is 33.6 Å². The normalized spacial score (nSPS) is 10.2. The highest BCUT2D eigenvalue weighted by Gasteiger charge is 2.17. The third kappa shape index (κ3) is 3.43. The van der Waals surface area contributed by atoms with Gasteiger partial charge in [0.25, 0.3) is 5.91 Å². The number of carboxylic acids is 1. The molecule has 0 spiro atoms. The summed E-state index contributed by atoms with van der Waals surface area (Å²) in [6.45, 7) is 1.86. The minimum Gasteiger partial charge on any atom is -0.478 e. The predicted molar refractivity (Wildman–Crippen MR) is 85.2 cm³/mol. The van der Waals surface area contributed by atoms with E-state index in [9.17, 15) is 9.59 Å². The molecule has 0 saturated carbocycles. The van der Waals surface area contributed by atoms with E-state index in [0.717, 1.165) is 10.0 Å². The van der Waals surface area contributed by atoms with E-state index in [1.165, 1.54) is 12.1 Å². The van der Waals surface area contributed by atoms with Crippen molar-refractivity contribution in [2.75, 3.05) is 5.32 Å². The van der Waals surface area contributed by atoms with Gasteiger partial charge in [-0.05, 0) is 42.8 Å². The molecule has 108 valence electrons. The van der Waals surface area contributed by atoms with Gasteiger partial charge in [0.15, 0.2) is 0 Å². The Morgan fingerprint density at radius 2 is 1.95 bits per heavy atom. The van der Waals surface area contributed by atoms with Crippen LogP contribution in [-0.4, -0.2) is 17.0 Å². The number of carboxylic acid groups (broad SMARTS) is 1. The monoisotopic (exact) mass is 367 g/mol. The van der Waals surface area contributed by atoms with Crippen LogP contribution in [0.25, 0.3) is 0 Å². The van der Waals surface area contributed by atoms with Crippen LogP contribution < -0.4 is 5.32 Å². The minimum atomic E-state index is -1.19. The highest BCUT2D eigenvalue weighted by molar-refractivity contribution is 9.10. The lowest BCUT2D eigenvalue weighted by atomic mass is 10.1. The van der Waals surface area contributed by atoms with Crippen molar-refractivity contribution >= 4 is 45.1 Å². The fourth-order valence-electron chi connectivity index (χ4n) is 1.83. The Hall–Kier alpha value is -1.85. The van der Waals surface area contributed by atoms with Crippen molar-refractivity contribution in [1.82, 2.24) is 0 Å². The van der Waals surface area contributed by atoms with Crippen LogP contribution in [-0.2, 0) is 0 Å². The number of carbonyl (C=O) groups is 2. The number of rotatable bonds is 3. The van der Waals surface area contributed by atoms with Gasteiger partial charge in [0, 0.05) is 10.0 Å². The molecule has 0 fully saturated rings. The summed E-state index contributed by atoms with van der Waals surface area (Å²) in [5.74, 6) is -1.58. The third-order valence-corrected chi connectivity index (χ3v) is 4.10. The Morgan fingerprint density at radius 3 is 2.57 bits per heavy atom. The molecule has 0 aliphatic heterocycles. The summed E-state index contributed by atoms with van der Waals surface area (Å²) >= 11 is 9.22. The van der Waals surface area contributed by atoms with Gasteiger partial charge in [-0.3, -0.25) is 4.79 Å². The number of carbonyl (C=O) groups excluding carboxylic acids is 1. The van der Waals surface area contributed by atoms with Crippen molar-refractivity contribution < 1.29 is 14.7 Å². The molecule has 2 aromatic carbocycles. The molecule has 4 nitrogen and oxygen atoms in total. The number of nitrogens with one attached hydrogen (secondary N) is 1. The Kier molecular flexibility index (Phi) is 4.65. The van der Waals surface area contributed by atoms with Crippen LogP contribution in [0.4, 0.5) is 5.69 Å². The van der Waals surface area contributed by atoms with Crippen LogP contribution in [0.15, 0.2) is 40.9 Å². The van der Waals surface area contributed by atoms with E-state index in [0.29, 0.717) is 5.56 Å². The second-order valence-corrected chi connectivity index (χ2v) is 5.65. The summed E-state index contributed by atoms with van der Waals surface area (Å²) in [7, 11) is 0. The first-order valence-corrected chi connectivity index (χ1v) is 7.16. The lowest BCUT2D eigenvalue weighted by Gasteiger charge is -2.10. The molecule has 0 aliphatic carbocycles. The molecule has 0 atom stereocenters. The molecule has 0 unspecified atom stereocenters. The fraction of sp³-hybridized carbons (Fsp3) is 0.0667. The van der Waals surface area contributed by atoms with Gasteiger partial charge in [-0.2, -0.15) is 0 Å². The first-order valence-electron chi connectivity index (χ1n) is 5.99. The average Bonchev–Trinajstić information content (AvgIpc) is 2.41. The summed E-state index contributed by atoms with van der Waals surface area (Å²) < 4.78 is 0.896. The summed E-state index contributed by atoms with van der Waals surface area (Å²) in [5.41, 5.74) is 1.39. The molecular weight excluding hydrogens is 358 g/mol. The van der Waals surface area contributed by atoms with Crippen molar-refractivity contribution in [2.45, 2.75) is 6.92 Å². The average molecular weight is 369 g/mol. The molecule has 6 heteroatoms. The Labute approximate surface area is 134 Å². The van der Waals surface area contributed by atoms with Crippen molar-refractivity contribution in [3.63, 3.8) is 0 Å². The van der Waals surface area contributed by atoms with E-state index in [1.54, 1.807) is 24.3 Å². The number of hydrogen-bond acceptors (Lipinski definition) is 2. The van der Waals surface area contributed by atoms with E-state index in [4.69, 9.17) is 16.7 Å². The smallest absolute Gasteiger partial charge is 0.339 e. The van der Waals surface area contributed by atoms with Gasteiger partial charge in [0.2, 0.25) is 0 Å². The number of anilines is 1. The highest BCUT2D eigenvalue weighted by Crippen LogP contribution is 2.25. The Morgan fingerprint density at radius 1 is 1.24 bits per heavy atom. The van der Waals surface area contributed by atoms with E-state index in [1.807, 2.05) is 6.92 Å². The zero-order valence-electron chi connectivity index (χ0n) is 11.0. The van der Waals surface area contributed by atoms with Crippen LogP contribution in [0.1, 0.15) is 26.3 Å². The van der Waals surface area contributed by atoms with Crippen LogP contribution >= 0.6 is 27.5 Å². The SMILES string of the molecule is Cc1cc(C(=O)Nc2cccc(Cl)c2C(=O)O)ccc1Br. The molecule has 0 bridgehead atoms. The van der Waals surface area contributed by atoms with Crippen molar-refractivity contribution in [2.24, 2.45) is 0 Å². The molecular formula is C15H11BrClNO3. The topological polar surface area (TPSA) is 66.4 Å². The molecule has 21 heavy (non-hydrogen) atoms. The number of amides is 1. The molecule has 1 amide bonds. The number of aryl methyl sites for hydroxylation is 1. The lowest BCUT2D eigenvalue weighted by Crippen LogP contribution is -2.15. The van der Waals surface area contributed by atoms with E-state index >= 15 is 0 Å². The number of halogens is 2. The van der Waals surface area contributed by atoms with Crippen LogP contribution in [0.3, 0.4) is 0 Å². The van der Waals surface area contributed by atoms with Gasteiger partial charge < -0.3 is 10.4 Å². The molecule has 2 N–H and O–H groups in total. The van der Waals surface area contributed by atoms with Gasteiger partial charge in [-0.15, -0.1) is 0 Å². The summed E-state index contributed by atoms with van der Waals surface area (Å²) in [6, 6.07) is 9.67. The standard InChI is InChI=1S/C15H11BrClNO3/c1-8-7-9(5-6-10(8)16)14(19)18-12-4-2-3-11(17)13(12)15(20)21/h2-7H,1H3,(H,18,19)(H,20,21). The number of benzene rings is 2. The fourth-order valence-corrected chi connectivity index (χ4v) is 2.33. The molecule has 2 aromatic rings. The van der Waals surface area contributed by atoms with Crippen LogP contribution in [0.5, 0.6) is 0 Å². The zero-order valence-corrected chi connectivity index (χ0v) is 13.3. The maximum Gasteiger partial charge on any atom is 0.339 e. The summed E-state index contributed by atoms with van der Waals surface area (Å²) in [4.78, 5) is 23.4. The highest BCUT2D eigenvalue weighted by atomic mass is 79.9. The van der Waals surface area contributed by atoms with E-state index in [-0.39, 0.29) is 16.3 Å². The third-order valence-electron chi connectivity index (χ3n) is 2.90. The first kappa shape index (κ1) is 15.5. The summed E-state index contributed by atoms with van der Waals surface area (Å²) in [5, 5.41) is 11.8. The van der Waals surface area contributed by atoms with Crippen LogP contribution in [0.2, 0.25) is 5.02 Å². The van der Waals surface area contributed by atoms with E-state index in [2.05, 4.69) is 21.2 Å². The van der Waals surface area contributed by atoms with Gasteiger partial charge in [0.05, 0.1) is 10.7 Å². The largest absolute Gasteiger partial charge is 0.478 e. The van der Waals surface area contributed by atoms with Gasteiger partial charge >= 0.3 is 5.97 Å². The second-order valence-electron chi connectivity index (χ2n) is 4.39. The second kappa shape index (κ2) is 6.28. The zero-order chi connectivity index (χ0) is 15.6. The molecule has 0 aliphatic rings. The molecule has 0 saturated heterocycles. The van der Waals surface area contributed by atoms with Crippen molar-refractivity contribution in [1.29, 1.82) is 0 Å².